The summed E-state index contributed by atoms with van der Waals surface area (Å²) >= 11 is 5.85. The highest BCUT2D eigenvalue weighted by Gasteiger charge is 2.16. The van der Waals surface area contributed by atoms with Gasteiger partial charge in [0.15, 0.2) is 0 Å². The lowest BCUT2D eigenvalue weighted by Crippen LogP contribution is -2.27. The number of hydrogen-bond donors (Lipinski definition) is 2. The molecule has 2 N–H and O–H groups in total. The summed E-state index contributed by atoms with van der Waals surface area (Å²) in [6.45, 7) is 4.14. The normalized spacial score (nSPS) is 20.2. The summed E-state index contributed by atoms with van der Waals surface area (Å²) in [5.41, 5.74) is 1.08. The van der Waals surface area contributed by atoms with Crippen LogP contribution in [0.3, 0.4) is 0 Å². The van der Waals surface area contributed by atoms with Crippen LogP contribution < -0.4 is 10.6 Å². The van der Waals surface area contributed by atoms with Gasteiger partial charge in [0.1, 0.15) is 0 Å². The summed E-state index contributed by atoms with van der Waals surface area (Å²) in [6, 6.07) is 7.64. The fourth-order valence-electron chi connectivity index (χ4n) is 2.44. The van der Waals surface area contributed by atoms with Crippen molar-refractivity contribution in [3.05, 3.63) is 34.9 Å². The lowest BCUT2D eigenvalue weighted by atomic mass is 10.0. The Balaban J connectivity index is 1.76. The number of amides is 1. The average Bonchev–Trinajstić information content (AvgIpc) is 2.90. The molecule has 104 valence electrons. The minimum Gasteiger partial charge on any atom is -0.350 e. The van der Waals surface area contributed by atoms with Crippen LogP contribution in [0, 0.1) is 5.92 Å². The van der Waals surface area contributed by atoms with E-state index in [0.717, 1.165) is 30.1 Å². The van der Waals surface area contributed by atoms with Gasteiger partial charge < -0.3 is 10.6 Å². The van der Waals surface area contributed by atoms with Gasteiger partial charge >= 0.3 is 0 Å². The second-order valence-electron chi connectivity index (χ2n) is 5.24. The van der Waals surface area contributed by atoms with E-state index in [2.05, 4.69) is 10.6 Å². The minimum atomic E-state index is 0.0338. The molecule has 0 spiro atoms. The van der Waals surface area contributed by atoms with Gasteiger partial charge in [-0.05, 0) is 56.5 Å². The Morgan fingerprint density at radius 1 is 1.47 bits per heavy atom. The zero-order valence-electron chi connectivity index (χ0n) is 11.3. The first-order chi connectivity index (χ1) is 9.15. The maximum atomic E-state index is 11.9. The predicted octanol–water partition coefficient (Wildman–Crippen LogP) is 2.91. The molecule has 3 nitrogen and oxygen atoms in total. The molecule has 1 aromatic rings. The van der Waals surface area contributed by atoms with Crippen LogP contribution in [0.1, 0.15) is 37.8 Å². The smallest absolute Gasteiger partial charge is 0.220 e. The fourth-order valence-corrected chi connectivity index (χ4v) is 2.57. The second kappa shape index (κ2) is 6.92. The van der Waals surface area contributed by atoms with Crippen LogP contribution in [0.4, 0.5) is 0 Å². The largest absolute Gasteiger partial charge is 0.350 e. The number of nitrogens with one attached hydrogen (secondary N) is 2. The molecule has 1 unspecified atom stereocenters. The van der Waals surface area contributed by atoms with Gasteiger partial charge in [-0.3, -0.25) is 4.79 Å². The topological polar surface area (TPSA) is 41.1 Å². The van der Waals surface area contributed by atoms with Crippen LogP contribution in [0.15, 0.2) is 24.3 Å². The van der Waals surface area contributed by atoms with Crippen molar-refractivity contribution in [1.82, 2.24) is 10.6 Å². The Morgan fingerprint density at radius 3 is 2.84 bits per heavy atom. The number of hydrogen-bond acceptors (Lipinski definition) is 2. The number of carbonyl (C=O) groups excluding carboxylic acids is 1. The lowest BCUT2D eigenvalue weighted by molar-refractivity contribution is -0.122. The molecule has 2 atom stereocenters. The van der Waals surface area contributed by atoms with Gasteiger partial charge in [0.25, 0.3) is 0 Å². The van der Waals surface area contributed by atoms with Crippen LogP contribution in [0.5, 0.6) is 0 Å². The average molecular weight is 281 g/mol. The second-order valence-corrected chi connectivity index (χ2v) is 5.67. The molecule has 0 radical (unpaired) electrons. The van der Waals surface area contributed by atoms with Crippen LogP contribution in [-0.4, -0.2) is 19.0 Å². The molecule has 0 saturated carbocycles. The van der Waals surface area contributed by atoms with E-state index in [9.17, 15) is 4.79 Å². The Kier molecular flexibility index (Phi) is 5.23. The zero-order valence-corrected chi connectivity index (χ0v) is 12.0. The summed E-state index contributed by atoms with van der Waals surface area (Å²) in [7, 11) is 0. The SMILES string of the molecule is C[C@@H](NC(=O)CCC1CCNC1)c1ccc(Cl)cc1. The van der Waals surface area contributed by atoms with Crippen molar-refractivity contribution in [3.63, 3.8) is 0 Å². The number of benzene rings is 1. The minimum absolute atomic E-state index is 0.0338. The van der Waals surface area contributed by atoms with Gasteiger partial charge in [0, 0.05) is 11.4 Å². The number of rotatable bonds is 5. The van der Waals surface area contributed by atoms with Crippen molar-refractivity contribution in [1.29, 1.82) is 0 Å². The van der Waals surface area contributed by atoms with E-state index < -0.39 is 0 Å². The van der Waals surface area contributed by atoms with Gasteiger partial charge in [0.2, 0.25) is 5.91 Å². The molecule has 1 fully saturated rings. The van der Waals surface area contributed by atoms with Crippen molar-refractivity contribution < 1.29 is 4.79 Å². The molecule has 0 bridgehead atoms. The summed E-state index contributed by atoms with van der Waals surface area (Å²) in [5, 5.41) is 7.08. The zero-order chi connectivity index (χ0) is 13.7. The summed E-state index contributed by atoms with van der Waals surface area (Å²) in [5.74, 6) is 0.797. The van der Waals surface area contributed by atoms with Gasteiger partial charge in [0.05, 0.1) is 6.04 Å². The summed E-state index contributed by atoms with van der Waals surface area (Å²) < 4.78 is 0. The van der Waals surface area contributed by atoms with E-state index >= 15 is 0 Å². The van der Waals surface area contributed by atoms with Gasteiger partial charge in [-0.2, -0.15) is 0 Å². The molecule has 19 heavy (non-hydrogen) atoms. The van der Waals surface area contributed by atoms with Crippen molar-refractivity contribution in [3.8, 4) is 0 Å². The van der Waals surface area contributed by atoms with E-state index in [4.69, 9.17) is 11.6 Å². The monoisotopic (exact) mass is 280 g/mol. The maximum absolute atomic E-state index is 11.9. The fraction of sp³-hybridized carbons (Fsp3) is 0.533. The van der Waals surface area contributed by atoms with Gasteiger partial charge in [-0.15, -0.1) is 0 Å². The number of halogens is 1. The predicted molar refractivity (Wildman–Crippen MR) is 78.2 cm³/mol. The molecule has 1 amide bonds. The molecule has 1 saturated heterocycles. The molecule has 0 aliphatic carbocycles. The summed E-state index contributed by atoms with van der Waals surface area (Å²) in [6.07, 6.45) is 2.79. The molecule has 1 aromatic carbocycles. The Labute approximate surface area is 119 Å². The third-order valence-electron chi connectivity index (χ3n) is 3.69. The van der Waals surface area contributed by atoms with Crippen molar-refractivity contribution in [2.45, 2.75) is 32.2 Å². The van der Waals surface area contributed by atoms with E-state index in [-0.39, 0.29) is 11.9 Å². The Morgan fingerprint density at radius 2 is 2.21 bits per heavy atom. The van der Waals surface area contributed by atoms with Crippen LogP contribution >= 0.6 is 11.6 Å². The third-order valence-corrected chi connectivity index (χ3v) is 3.94. The standard InChI is InChI=1S/C15H21ClN2O/c1-11(13-3-5-14(16)6-4-13)18-15(19)7-2-12-8-9-17-10-12/h3-6,11-12,17H,2,7-10H2,1H3,(H,18,19)/t11-,12?/m1/s1. The molecule has 4 heteroatoms. The van der Waals surface area contributed by atoms with Crippen molar-refractivity contribution >= 4 is 17.5 Å². The first-order valence-corrected chi connectivity index (χ1v) is 7.28. The first kappa shape index (κ1) is 14.4. The molecular formula is C15H21ClN2O. The Hall–Kier alpha value is -1.06. The van der Waals surface area contributed by atoms with Gasteiger partial charge in [-0.1, -0.05) is 23.7 Å². The first-order valence-electron chi connectivity index (χ1n) is 6.90. The molecular weight excluding hydrogens is 260 g/mol. The highest BCUT2D eigenvalue weighted by atomic mass is 35.5. The van der Waals surface area contributed by atoms with E-state index in [0.29, 0.717) is 12.3 Å². The maximum Gasteiger partial charge on any atom is 0.220 e. The van der Waals surface area contributed by atoms with Crippen molar-refractivity contribution in [2.24, 2.45) is 5.92 Å². The quantitative estimate of drug-likeness (QED) is 0.871. The highest BCUT2D eigenvalue weighted by molar-refractivity contribution is 6.30. The van der Waals surface area contributed by atoms with Crippen LogP contribution in [-0.2, 0) is 4.79 Å². The Bertz CT molecular complexity index is 413. The van der Waals surface area contributed by atoms with Gasteiger partial charge in [-0.25, -0.2) is 0 Å². The van der Waals surface area contributed by atoms with Crippen LogP contribution in [0.2, 0.25) is 5.02 Å². The summed E-state index contributed by atoms with van der Waals surface area (Å²) in [4.78, 5) is 11.9. The molecule has 1 aliphatic rings. The molecule has 0 aromatic heterocycles. The number of carbonyl (C=O) groups is 1. The van der Waals surface area contributed by atoms with Crippen LogP contribution in [0.25, 0.3) is 0 Å². The highest BCUT2D eigenvalue weighted by Crippen LogP contribution is 2.17. The molecule has 1 heterocycles. The van der Waals surface area contributed by atoms with E-state index in [1.54, 1.807) is 0 Å². The van der Waals surface area contributed by atoms with E-state index in [1.807, 2.05) is 31.2 Å². The third kappa shape index (κ3) is 4.51. The van der Waals surface area contributed by atoms with E-state index in [1.165, 1.54) is 6.42 Å². The van der Waals surface area contributed by atoms with Crippen molar-refractivity contribution in [2.75, 3.05) is 13.1 Å². The molecule has 2 rings (SSSR count). The molecule has 1 aliphatic heterocycles. The lowest BCUT2D eigenvalue weighted by Gasteiger charge is -2.15.